The predicted octanol–water partition coefficient (Wildman–Crippen LogP) is 1.15. The second-order valence-corrected chi connectivity index (χ2v) is 6.31. The number of methoxy groups -OCH3 is 1. The van der Waals surface area contributed by atoms with E-state index in [0.29, 0.717) is 37.2 Å². The zero-order chi connectivity index (χ0) is 17.9. The van der Waals surface area contributed by atoms with Gasteiger partial charge in [0.25, 0.3) is 5.91 Å². The van der Waals surface area contributed by atoms with Gasteiger partial charge in [-0.15, -0.1) is 0 Å². The van der Waals surface area contributed by atoms with Crippen molar-refractivity contribution in [3.05, 3.63) is 24.0 Å². The first kappa shape index (κ1) is 16.6. The number of nitrogens with zero attached hydrogens (tertiary/aromatic N) is 5. The third-order valence-corrected chi connectivity index (χ3v) is 4.47. The van der Waals surface area contributed by atoms with Gasteiger partial charge in [-0.2, -0.15) is 10.1 Å². The highest BCUT2D eigenvalue weighted by Crippen LogP contribution is 2.22. The van der Waals surface area contributed by atoms with Crippen LogP contribution in [-0.4, -0.2) is 63.5 Å². The zero-order valence-electron chi connectivity index (χ0n) is 14.6. The van der Waals surface area contributed by atoms with Crippen LogP contribution in [-0.2, 0) is 6.54 Å². The molecule has 1 atom stereocenters. The first-order chi connectivity index (χ1) is 12.7. The summed E-state index contributed by atoms with van der Waals surface area (Å²) in [6, 6.07) is 3.67. The van der Waals surface area contributed by atoms with E-state index in [1.807, 2.05) is 0 Å². The number of fused-ring (bicyclic) bond motifs is 1. The molecular formula is C17H21N5O4. The number of likely N-dealkylation sites (tertiary alicyclic amines) is 1. The lowest BCUT2D eigenvalue weighted by Gasteiger charge is -2.32. The third kappa shape index (κ3) is 3.42. The maximum atomic E-state index is 12.8. The fraction of sp³-hybridized carbons (Fsp3) is 0.529. The molecule has 1 fully saturated rings. The lowest BCUT2D eigenvalue weighted by molar-refractivity contribution is 0.0519. The lowest BCUT2D eigenvalue weighted by atomic mass is 10.1. The molecule has 2 aliphatic rings. The van der Waals surface area contributed by atoms with E-state index < -0.39 is 0 Å². The van der Waals surface area contributed by atoms with E-state index >= 15 is 0 Å². The van der Waals surface area contributed by atoms with Crippen molar-refractivity contribution >= 4 is 5.91 Å². The van der Waals surface area contributed by atoms with Crippen LogP contribution in [0.15, 0.2) is 18.3 Å². The van der Waals surface area contributed by atoms with Gasteiger partial charge in [0.2, 0.25) is 11.8 Å². The molecule has 0 N–H and O–H groups in total. The number of aryl methyl sites for hydroxylation is 1. The Morgan fingerprint density at radius 2 is 2.27 bits per heavy atom. The largest absolute Gasteiger partial charge is 0.478 e. The number of piperidine rings is 1. The molecule has 0 aromatic carbocycles. The molecule has 9 heteroatoms. The summed E-state index contributed by atoms with van der Waals surface area (Å²) in [5.74, 6) is 1.02. The maximum absolute atomic E-state index is 12.8. The van der Waals surface area contributed by atoms with E-state index in [0.717, 1.165) is 25.8 Å². The minimum atomic E-state index is -0.124. The van der Waals surface area contributed by atoms with Crippen LogP contribution in [0.3, 0.4) is 0 Å². The van der Waals surface area contributed by atoms with Gasteiger partial charge in [0.1, 0.15) is 6.10 Å². The molecule has 4 heterocycles. The Balaban J connectivity index is 1.42. The van der Waals surface area contributed by atoms with Crippen LogP contribution in [0.25, 0.3) is 0 Å². The first-order valence-electron chi connectivity index (χ1n) is 8.76. The number of amides is 1. The molecule has 1 amide bonds. The minimum Gasteiger partial charge on any atom is -0.478 e. The SMILES string of the molecule is COc1nccc(OC2CCCN(C(=O)c3cc4n(n3)CCCO4)C2)n1. The summed E-state index contributed by atoms with van der Waals surface area (Å²) in [5.41, 5.74) is 0.422. The molecule has 9 nitrogen and oxygen atoms in total. The minimum absolute atomic E-state index is 0.0935. The van der Waals surface area contributed by atoms with Crippen molar-refractivity contribution in [1.29, 1.82) is 0 Å². The highest BCUT2D eigenvalue weighted by molar-refractivity contribution is 5.92. The fourth-order valence-corrected chi connectivity index (χ4v) is 3.21. The van der Waals surface area contributed by atoms with Gasteiger partial charge in [-0.05, 0) is 12.8 Å². The summed E-state index contributed by atoms with van der Waals surface area (Å²) in [4.78, 5) is 22.7. The Morgan fingerprint density at radius 1 is 1.35 bits per heavy atom. The standard InChI is InChI=1S/C17H21N5O4/c1-24-17-18-6-5-14(19-17)26-12-4-2-7-21(11-12)16(23)13-10-15-22(20-13)8-3-9-25-15/h5-6,10,12H,2-4,7-9,11H2,1H3. The molecule has 1 saturated heterocycles. The summed E-state index contributed by atoms with van der Waals surface area (Å²) in [7, 11) is 1.51. The number of hydrogen-bond donors (Lipinski definition) is 0. The average molecular weight is 359 g/mol. The van der Waals surface area contributed by atoms with Gasteiger partial charge in [0.15, 0.2) is 5.69 Å². The van der Waals surface area contributed by atoms with Crippen molar-refractivity contribution in [1.82, 2.24) is 24.6 Å². The van der Waals surface area contributed by atoms with Crippen LogP contribution in [0.1, 0.15) is 29.8 Å². The molecule has 1 unspecified atom stereocenters. The zero-order valence-corrected chi connectivity index (χ0v) is 14.6. The summed E-state index contributed by atoms with van der Waals surface area (Å²) in [6.45, 7) is 2.63. The summed E-state index contributed by atoms with van der Waals surface area (Å²) >= 11 is 0. The number of ether oxygens (including phenoxy) is 3. The van der Waals surface area contributed by atoms with Crippen molar-refractivity contribution in [3.63, 3.8) is 0 Å². The van der Waals surface area contributed by atoms with Crippen molar-refractivity contribution < 1.29 is 19.0 Å². The van der Waals surface area contributed by atoms with Gasteiger partial charge in [-0.25, -0.2) is 9.67 Å². The monoisotopic (exact) mass is 359 g/mol. The number of rotatable bonds is 4. The Kier molecular flexibility index (Phi) is 4.59. The van der Waals surface area contributed by atoms with Crippen LogP contribution in [0.4, 0.5) is 0 Å². The first-order valence-corrected chi connectivity index (χ1v) is 8.76. The highest BCUT2D eigenvalue weighted by atomic mass is 16.5. The molecule has 26 heavy (non-hydrogen) atoms. The molecule has 2 aliphatic heterocycles. The van der Waals surface area contributed by atoms with Crippen molar-refractivity contribution in [3.8, 4) is 17.8 Å². The molecule has 0 spiro atoms. The van der Waals surface area contributed by atoms with Gasteiger partial charge in [0.05, 0.1) is 20.3 Å². The van der Waals surface area contributed by atoms with Crippen LogP contribution in [0, 0.1) is 0 Å². The van der Waals surface area contributed by atoms with Gasteiger partial charge in [-0.1, -0.05) is 0 Å². The van der Waals surface area contributed by atoms with E-state index in [-0.39, 0.29) is 18.0 Å². The second kappa shape index (κ2) is 7.19. The molecular weight excluding hydrogens is 338 g/mol. The number of carbonyl (C=O) groups is 1. The Labute approximate surface area is 150 Å². The average Bonchev–Trinajstić information content (AvgIpc) is 3.12. The molecule has 2 aromatic rings. The van der Waals surface area contributed by atoms with E-state index in [4.69, 9.17) is 14.2 Å². The van der Waals surface area contributed by atoms with Gasteiger partial charge < -0.3 is 19.1 Å². The van der Waals surface area contributed by atoms with Gasteiger partial charge in [0, 0.05) is 37.8 Å². The molecule has 0 saturated carbocycles. The van der Waals surface area contributed by atoms with Gasteiger partial charge >= 0.3 is 6.01 Å². The molecule has 2 aromatic heterocycles. The fourth-order valence-electron chi connectivity index (χ4n) is 3.21. The van der Waals surface area contributed by atoms with Gasteiger partial charge in [-0.3, -0.25) is 4.79 Å². The van der Waals surface area contributed by atoms with E-state index in [1.165, 1.54) is 7.11 Å². The van der Waals surface area contributed by atoms with Crippen LogP contribution in [0.5, 0.6) is 17.8 Å². The Morgan fingerprint density at radius 3 is 3.12 bits per heavy atom. The Hall–Kier alpha value is -2.84. The highest BCUT2D eigenvalue weighted by Gasteiger charge is 2.28. The summed E-state index contributed by atoms with van der Waals surface area (Å²) in [6.07, 6.45) is 4.09. The number of hydrogen-bond acceptors (Lipinski definition) is 7. The molecule has 0 radical (unpaired) electrons. The van der Waals surface area contributed by atoms with Crippen LogP contribution in [0.2, 0.25) is 0 Å². The Bertz CT molecular complexity index is 770. The molecule has 138 valence electrons. The summed E-state index contributed by atoms with van der Waals surface area (Å²) in [5, 5.41) is 4.38. The quantitative estimate of drug-likeness (QED) is 0.808. The van der Waals surface area contributed by atoms with E-state index in [1.54, 1.807) is 27.9 Å². The van der Waals surface area contributed by atoms with E-state index in [9.17, 15) is 4.79 Å². The molecule has 4 rings (SSSR count). The molecule has 0 aliphatic carbocycles. The van der Waals surface area contributed by atoms with Crippen molar-refractivity contribution in [2.45, 2.75) is 31.9 Å². The normalized spacial score (nSPS) is 19.4. The predicted molar refractivity (Wildman–Crippen MR) is 90.5 cm³/mol. The summed E-state index contributed by atoms with van der Waals surface area (Å²) < 4.78 is 18.2. The van der Waals surface area contributed by atoms with Crippen LogP contribution >= 0.6 is 0 Å². The van der Waals surface area contributed by atoms with Crippen molar-refractivity contribution in [2.75, 3.05) is 26.8 Å². The smallest absolute Gasteiger partial charge is 0.319 e. The lowest BCUT2D eigenvalue weighted by Crippen LogP contribution is -2.44. The topological polar surface area (TPSA) is 91.6 Å². The van der Waals surface area contributed by atoms with E-state index in [2.05, 4.69) is 15.1 Å². The maximum Gasteiger partial charge on any atom is 0.319 e. The number of aromatic nitrogens is 4. The van der Waals surface area contributed by atoms with Crippen molar-refractivity contribution in [2.24, 2.45) is 0 Å². The van der Waals surface area contributed by atoms with Crippen LogP contribution < -0.4 is 14.2 Å². The second-order valence-electron chi connectivity index (χ2n) is 6.31. The number of carbonyl (C=O) groups excluding carboxylic acids is 1. The third-order valence-electron chi connectivity index (χ3n) is 4.47. The molecule has 0 bridgehead atoms.